The molecule has 0 aromatic heterocycles. The van der Waals surface area contributed by atoms with Gasteiger partial charge >= 0.3 is 0 Å². The van der Waals surface area contributed by atoms with E-state index in [0.29, 0.717) is 22.8 Å². The van der Waals surface area contributed by atoms with E-state index in [1.54, 1.807) is 0 Å². The van der Waals surface area contributed by atoms with Crippen LogP contribution in [-0.4, -0.2) is 36.5 Å². The highest BCUT2D eigenvalue weighted by atomic mass is 16.1. The van der Waals surface area contributed by atoms with Crippen molar-refractivity contribution < 1.29 is 4.79 Å². The van der Waals surface area contributed by atoms with Crippen LogP contribution in [0.5, 0.6) is 0 Å². The smallest absolute Gasteiger partial charge is 0.220 e. The number of piperidine rings is 1. The van der Waals surface area contributed by atoms with Gasteiger partial charge in [0, 0.05) is 18.5 Å². The van der Waals surface area contributed by atoms with Gasteiger partial charge in [0.05, 0.1) is 0 Å². The van der Waals surface area contributed by atoms with Crippen LogP contribution in [0.2, 0.25) is 0 Å². The van der Waals surface area contributed by atoms with Crippen LogP contribution in [0.15, 0.2) is 0 Å². The van der Waals surface area contributed by atoms with Gasteiger partial charge in [-0.3, -0.25) is 4.79 Å². The average molecular weight is 403 g/mol. The van der Waals surface area contributed by atoms with Crippen LogP contribution in [0, 0.1) is 28.6 Å². The lowest BCUT2D eigenvalue weighted by molar-refractivity contribution is -0.137. The van der Waals surface area contributed by atoms with Gasteiger partial charge in [-0.1, -0.05) is 46.5 Å². The summed E-state index contributed by atoms with van der Waals surface area (Å²) >= 11 is 0. The standard InChI is InChI=1S/C26H46N2O/c1-5-6-7-8-9-18-28(4)23-13-11-20-19-10-12-22-25(2,17-15-24(29)27-22)21(19)14-16-26(20,23)3/h19-23H,5-18H2,1-4H3,(H,27,29)/t19-,20-,21-,22?,23-,25+,26-/m0/s1. The molecule has 3 heteroatoms. The van der Waals surface area contributed by atoms with E-state index >= 15 is 0 Å². The number of hydrogen-bond donors (Lipinski definition) is 1. The maximum Gasteiger partial charge on any atom is 0.220 e. The van der Waals surface area contributed by atoms with Crippen molar-refractivity contribution in [1.82, 2.24) is 10.2 Å². The first-order chi connectivity index (χ1) is 13.9. The predicted octanol–water partition coefficient (Wildman–Crippen LogP) is 5.78. The first-order valence-corrected chi connectivity index (χ1v) is 12.9. The minimum atomic E-state index is 0.299. The van der Waals surface area contributed by atoms with E-state index in [4.69, 9.17) is 0 Å². The second-order valence-corrected chi connectivity index (χ2v) is 11.6. The Kier molecular flexibility index (Phi) is 6.36. The van der Waals surface area contributed by atoms with Gasteiger partial charge in [-0.15, -0.1) is 0 Å². The summed E-state index contributed by atoms with van der Waals surface area (Å²) in [5.41, 5.74) is 0.863. The van der Waals surface area contributed by atoms with Crippen molar-refractivity contribution in [3.63, 3.8) is 0 Å². The zero-order valence-corrected chi connectivity index (χ0v) is 19.6. The minimum absolute atomic E-state index is 0.299. The van der Waals surface area contributed by atoms with E-state index in [9.17, 15) is 4.79 Å². The fourth-order valence-electron chi connectivity index (χ4n) is 8.52. The molecule has 1 aliphatic heterocycles. The topological polar surface area (TPSA) is 32.3 Å². The Balaban J connectivity index is 1.41. The van der Waals surface area contributed by atoms with E-state index in [1.165, 1.54) is 77.2 Å². The van der Waals surface area contributed by atoms with Crippen molar-refractivity contribution in [3.05, 3.63) is 0 Å². The molecule has 0 aromatic carbocycles. The molecule has 0 aromatic rings. The summed E-state index contributed by atoms with van der Waals surface area (Å²) in [7, 11) is 2.42. The summed E-state index contributed by atoms with van der Waals surface area (Å²) < 4.78 is 0. The minimum Gasteiger partial charge on any atom is -0.353 e. The lowest BCUT2D eigenvalue weighted by Gasteiger charge is -2.60. The molecule has 4 fully saturated rings. The molecule has 1 amide bonds. The largest absolute Gasteiger partial charge is 0.353 e. The molecule has 7 atom stereocenters. The molecule has 0 spiro atoms. The van der Waals surface area contributed by atoms with E-state index in [-0.39, 0.29) is 0 Å². The molecular formula is C26H46N2O. The zero-order chi connectivity index (χ0) is 20.6. The van der Waals surface area contributed by atoms with E-state index in [1.807, 2.05) is 0 Å². The molecule has 3 nitrogen and oxygen atoms in total. The van der Waals surface area contributed by atoms with Gasteiger partial charge in [-0.2, -0.15) is 0 Å². The second-order valence-electron chi connectivity index (χ2n) is 11.6. The number of carbonyl (C=O) groups is 1. The Morgan fingerprint density at radius 1 is 0.931 bits per heavy atom. The molecule has 4 aliphatic rings. The second kappa shape index (κ2) is 8.52. The first-order valence-electron chi connectivity index (χ1n) is 12.9. The fraction of sp³-hybridized carbons (Fsp3) is 0.962. The third kappa shape index (κ3) is 3.79. The van der Waals surface area contributed by atoms with Crippen molar-refractivity contribution in [2.24, 2.45) is 28.6 Å². The molecule has 0 bridgehead atoms. The number of rotatable bonds is 7. The van der Waals surface area contributed by atoms with Gasteiger partial charge in [0.25, 0.3) is 0 Å². The highest BCUT2D eigenvalue weighted by Gasteiger charge is 2.60. The Labute approximate surface area is 179 Å². The molecular weight excluding hydrogens is 356 g/mol. The third-order valence-electron chi connectivity index (χ3n) is 10.2. The molecule has 3 aliphatic carbocycles. The number of nitrogens with zero attached hydrogens (tertiary/aromatic N) is 1. The van der Waals surface area contributed by atoms with Crippen LogP contribution < -0.4 is 5.32 Å². The number of unbranched alkanes of at least 4 members (excludes halogenated alkanes) is 4. The fourth-order valence-corrected chi connectivity index (χ4v) is 8.52. The van der Waals surface area contributed by atoms with Crippen molar-refractivity contribution in [2.45, 2.75) is 116 Å². The first kappa shape index (κ1) is 21.7. The summed E-state index contributed by atoms with van der Waals surface area (Å²) in [4.78, 5) is 14.8. The highest BCUT2D eigenvalue weighted by molar-refractivity contribution is 5.77. The maximum absolute atomic E-state index is 12.0. The Morgan fingerprint density at radius 3 is 2.48 bits per heavy atom. The van der Waals surface area contributed by atoms with Crippen LogP contribution in [0.25, 0.3) is 0 Å². The van der Waals surface area contributed by atoms with Gasteiger partial charge in [-0.05, 0) is 93.5 Å². The summed E-state index contributed by atoms with van der Waals surface area (Å²) in [5, 5.41) is 3.38. The summed E-state index contributed by atoms with van der Waals surface area (Å²) in [6, 6.07) is 1.23. The van der Waals surface area contributed by atoms with Crippen LogP contribution in [0.1, 0.15) is 104 Å². The average Bonchev–Trinajstić information content (AvgIpc) is 3.05. The quantitative estimate of drug-likeness (QED) is 0.548. The molecule has 1 unspecified atom stereocenters. The van der Waals surface area contributed by atoms with Crippen LogP contribution in [0.4, 0.5) is 0 Å². The Bertz CT molecular complexity index is 591. The van der Waals surface area contributed by atoms with Crippen molar-refractivity contribution in [1.29, 1.82) is 0 Å². The molecule has 29 heavy (non-hydrogen) atoms. The number of nitrogens with one attached hydrogen (secondary N) is 1. The number of fused-ring (bicyclic) bond motifs is 5. The maximum atomic E-state index is 12.0. The van der Waals surface area contributed by atoms with Gasteiger partial charge in [0.2, 0.25) is 5.91 Å². The normalized spacial score (nSPS) is 44.2. The SMILES string of the molecule is CCCCCCCN(C)[C@H]1CC[C@H]2[C@@H]3CCC4NC(=O)CC[C@]4(C)[C@H]3CC[C@]12C. The molecule has 166 valence electrons. The molecule has 1 N–H and O–H groups in total. The van der Waals surface area contributed by atoms with E-state index in [2.05, 4.69) is 38.0 Å². The lowest BCUT2D eigenvalue weighted by atomic mass is 9.47. The molecule has 1 saturated heterocycles. The Hall–Kier alpha value is -0.570. The monoisotopic (exact) mass is 402 g/mol. The summed E-state index contributed by atoms with van der Waals surface area (Å²) in [6.07, 6.45) is 17.0. The predicted molar refractivity (Wildman–Crippen MR) is 121 cm³/mol. The summed E-state index contributed by atoms with van der Waals surface area (Å²) in [5.74, 6) is 2.93. The molecule has 3 saturated carbocycles. The van der Waals surface area contributed by atoms with Gasteiger partial charge in [0.15, 0.2) is 0 Å². The van der Waals surface area contributed by atoms with Crippen molar-refractivity contribution in [3.8, 4) is 0 Å². The number of carbonyl (C=O) groups excluding carboxylic acids is 1. The van der Waals surface area contributed by atoms with Crippen LogP contribution in [-0.2, 0) is 4.79 Å². The van der Waals surface area contributed by atoms with E-state index < -0.39 is 0 Å². The van der Waals surface area contributed by atoms with Crippen LogP contribution in [0.3, 0.4) is 0 Å². The number of hydrogen-bond acceptors (Lipinski definition) is 2. The van der Waals surface area contributed by atoms with Gasteiger partial charge in [-0.25, -0.2) is 0 Å². The lowest BCUT2D eigenvalue weighted by Crippen LogP contribution is -2.61. The molecule has 4 rings (SSSR count). The van der Waals surface area contributed by atoms with Gasteiger partial charge in [0.1, 0.15) is 0 Å². The molecule has 0 radical (unpaired) electrons. The van der Waals surface area contributed by atoms with Gasteiger partial charge < -0.3 is 10.2 Å². The number of amides is 1. The molecule has 1 heterocycles. The summed E-state index contributed by atoms with van der Waals surface area (Å²) in [6.45, 7) is 8.76. The highest BCUT2D eigenvalue weighted by Crippen LogP contribution is 2.64. The van der Waals surface area contributed by atoms with Crippen molar-refractivity contribution >= 4 is 5.91 Å². The van der Waals surface area contributed by atoms with Crippen LogP contribution >= 0.6 is 0 Å². The zero-order valence-electron chi connectivity index (χ0n) is 19.6. The Morgan fingerprint density at radius 2 is 1.69 bits per heavy atom. The third-order valence-corrected chi connectivity index (χ3v) is 10.2. The van der Waals surface area contributed by atoms with E-state index in [0.717, 1.165) is 36.6 Å². The van der Waals surface area contributed by atoms with Crippen molar-refractivity contribution in [2.75, 3.05) is 13.6 Å².